The van der Waals surface area contributed by atoms with Crippen molar-refractivity contribution in [2.24, 2.45) is 11.7 Å². The number of hydrogen-bond donors (Lipinski definition) is 18. The number of carbonyl (C=O) groups is 8. The van der Waals surface area contributed by atoms with Gasteiger partial charge in [0.05, 0.1) is 50.1 Å². The molecule has 32 heteroatoms. The minimum Gasteiger partial charge on any atom is -0.481 e. The molecule has 4 rings (SSSR count). The molecule has 4 aromatic rings. The van der Waals surface area contributed by atoms with Gasteiger partial charge in [-0.1, -0.05) is 100 Å². The fourth-order valence-corrected chi connectivity index (χ4v) is 10.8. The third-order valence-electron chi connectivity index (χ3n) is 17.3. The number of hydrogen-bond acceptors (Lipinski definition) is 21. The third-order valence-corrected chi connectivity index (χ3v) is 17.3. The van der Waals surface area contributed by atoms with Crippen LogP contribution in [0.2, 0.25) is 0 Å². The van der Waals surface area contributed by atoms with Gasteiger partial charge in [0.15, 0.2) is 5.78 Å². The molecular weight excluding hydrogens is 1330 g/mol. The summed E-state index contributed by atoms with van der Waals surface area (Å²) in [5, 5.41) is 123. The van der Waals surface area contributed by atoms with E-state index in [0.717, 1.165) is 21.3 Å². The van der Waals surface area contributed by atoms with Gasteiger partial charge in [0, 0.05) is 75.5 Å². The molecule has 6 amide bonds. The summed E-state index contributed by atoms with van der Waals surface area (Å²) in [6, 6.07) is 13.4. The maximum absolute atomic E-state index is 15.0. The lowest BCUT2D eigenvalue weighted by Crippen LogP contribution is -2.56. The van der Waals surface area contributed by atoms with Crippen molar-refractivity contribution in [3.63, 3.8) is 0 Å². The highest BCUT2D eigenvalue weighted by Crippen LogP contribution is 2.24. The van der Waals surface area contributed by atoms with Crippen molar-refractivity contribution < 1.29 is 103 Å². The Balaban J connectivity index is 1.39. The smallest absolute Gasteiger partial charge is 0.331 e. The van der Waals surface area contributed by atoms with Gasteiger partial charge in [0.2, 0.25) is 35.4 Å². The first-order valence-electron chi connectivity index (χ1n) is 33.7. The number of nitrogens with zero attached hydrogens (tertiary/aromatic N) is 2. The summed E-state index contributed by atoms with van der Waals surface area (Å²) in [4.78, 5) is 135. The lowest BCUT2D eigenvalue weighted by atomic mass is 9.95. The second-order valence-electron chi connectivity index (χ2n) is 25.2. The molecule has 30 nitrogen and oxygen atoms in total. The van der Waals surface area contributed by atoms with Crippen LogP contribution in [0.1, 0.15) is 139 Å². The molecular formula is C69H99F2N9O21. The fraction of sp³-hybridized carbons (Fsp3) is 0.565. The van der Waals surface area contributed by atoms with E-state index in [-0.39, 0.29) is 73.7 Å². The minimum absolute atomic E-state index is 0.0525. The number of carboxylic acids is 1. The quantitative estimate of drug-likeness (QED) is 0.0221. The Hall–Kier alpha value is -8.28. The lowest BCUT2D eigenvalue weighted by Gasteiger charge is -2.26. The molecule has 0 fully saturated rings. The molecule has 0 saturated heterocycles. The number of aryl methyl sites for hydroxylation is 1. The van der Waals surface area contributed by atoms with Gasteiger partial charge in [0.25, 0.3) is 5.56 Å². The van der Waals surface area contributed by atoms with Crippen LogP contribution in [0.3, 0.4) is 0 Å². The van der Waals surface area contributed by atoms with E-state index in [2.05, 4.69) is 31.9 Å². The van der Waals surface area contributed by atoms with Crippen molar-refractivity contribution >= 4 is 47.2 Å². The first kappa shape index (κ1) is 85.1. The Bertz CT molecular complexity index is 3450. The van der Waals surface area contributed by atoms with Crippen LogP contribution < -0.4 is 48.9 Å². The molecule has 1 heterocycles. The van der Waals surface area contributed by atoms with Crippen molar-refractivity contribution in [1.29, 1.82) is 0 Å². The predicted octanol–water partition coefficient (Wildman–Crippen LogP) is -1.61. The number of aliphatic hydroxyl groups is 10. The summed E-state index contributed by atoms with van der Waals surface area (Å²) in [6.45, 7) is 1.33. The average molecular weight is 1430 g/mol. The van der Waals surface area contributed by atoms with E-state index in [1.807, 2.05) is 0 Å². The molecule has 0 aliphatic rings. The van der Waals surface area contributed by atoms with Crippen LogP contribution in [-0.2, 0) is 57.9 Å². The zero-order valence-electron chi connectivity index (χ0n) is 56.9. The number of carboxylic acid groups (broad SMARTS) is 1. The van der Waals surface area contributed by atoms with Gasteiger partial charge in [-0.3, -0.25) is 52.3 Å². The molecule has 560 valence electrons. The molecule has 0 aliphatic carbocycles. The largest absolute Gasteiger partial charge is 0.481 e. The van der Waals surface area contributed by atoms with Crippen molar-refractivity contribution in [2.45, 2.75) is 210 Å². The number of ketones is 1. The summed E-state index contributed by atoms with van der Waals surface area (Å²) in [7, 11) is 0. The van der Waals surface area contributed by atoms with Crippen LogP contribution in [0, 0.1) is 24.5 Å². The number of benzene rings is 3. The van der Waals surface area contributed by atoms with Crippen LogP contribution >= 0.6 is 0 Å². The molecule has 13 atom stereocenters. The van der Waals surface area contributed by atoms with Crippen molar-refractivity contribution in [3.8, 4) is 11.1 Å². The highest BCUT2D eigenvalue weighted by atomic mass is 19.1. The van der Waals surface area contributed by atoms with Gasteiger partial charge in [-0.05, 0) is 80.2 Å². The summed E-state index contributed by atoms with van der Waals surface area (Å²) < 4.78 is 32.1. The number of rotatable bonds is 47. The fourth-order valence-electron chi connectivity index (χ4n) is 10.8. The van der Waals surface area contributed by atoms with Crippen LogP contribution in [-0.4, -0.2) is 212 Å². The summed E-state index contributed by atoms with van der Waals surface area (Å²) in [5.41, 5.74) is 6.59. The first-order chi connectivity index (χ1) is 47.9. The molecule has 3 aromatic carbocycles. The zero-order chi connectivity index (χ0) is 75.0. The molecule has 0 unspecified atom stereocenters. The van der Waals surface area contributed by atoms with Crippen molar-refractivity contribution in [2.75, 3.05) is 32.8 Å². The van der Waals surface area contributed by atoms with Crippen LogP contribution in [0.25, 0.3) is 11.1 Å². The highest BCUT2D eigenvalue weighted by Gasteiger charge is 2.35. The van der Waals surface area contributed by atoms with Gasteiger partial charge in [0.1, 0.15) is 60.3 Å². The summed E-state index contributed by atoms with van der Waals surface area (Å²) >= 11 is 0. The lowest BCUT2D eigenvalue weighted by molar-refractivity contribution is -0.138. The molecule has 1 aromatic heterocycles. The normalized spacial score (nSPS) is 15.4. The Morgan fingerprint density at radius 2 is 1.07 bits per heavy atom. The topological polar surface area (TPSA) is 501 Å². The third kappa shape index (κ3) is 27.9. The number of aliphatic carboxylic acids is 1. The highest BCUT2D eigenvalue weighted by molar-refractivity contribution is 5.95. The van der Waals surface area contributed by atoms with Gasteiger partial charge >= 0.3 is 11.7 Å². The number of halogens is 2. The van der Waals surface area contributed by atoms with E-state index >= 15 is 8.78 Å². The van der Waals surface area contributed by atoms with E-state index in [9.17, 15) is 93.9 Å². The van der Waals surface area contributed by atoms with Gasteiger partial charge in [-0.25, -0.2) is 13.6 Å². The summed E-state index contributed by atoms with van der Waals surface area (Å²) in [5.74, 6) is -8.69. The van der Waals surface area contributed by atoms with E-state index in [1.54, 1.807) is 68.4 Å². The zero-order valence-corrected chi connectivity index (χ0v) is 56.9. The molecule has 0 spiro atoms. The number of aliphatic hydroxyl groups excluding tert-OH is 10. The SMILES string of the molecule is CC[C@H](C)CC(=O)[C@@H](CCC(=O)NC[C@H](O)[C@@H](O)[C@H](O)[C@H](O)CO)NC(=O)[C@@H](CCC(=O)O)NC(=O)[C@@H](CCC(=O)NC[C@H](O)[C@@H](O)[C@H](O)[C@H](O)CO)NC(=O)CCCCCCCNC(=O)CCc1cccc(-c2c(C)n(Cc3c(F)cccc3F)c(=O)n(C[C@@H](N)c3ccccc3)c2=O)c1. The maximum Gasteiger partial charge on any atom is 0.331 e. The second kappa shape index (κ2) is 43.5. The molecule has 19 N–H and O–H groups in total. The van der Waals surface area contributed by atoms with Crippen molar-refractivity contribution in [1.82, 2.24) is 41.0 Å². The number of nitrogens with one attached hydrogen (secondary N) is 6. The monoisotopic (exact) mass is 1430 g/mol. The number of nitrogens with two attached hydrogens (primary N) is 1. The van der Waals surface area contributed by atoms with Crippen molar-refractivity contribution in [3.05, 3.63) is 128 Å². The maximum atomic E-state index is 15.0. The number of carbonyl (C=O) groups excluding carboxylic acids is 7. The van der Waals surface area contributed by atoms with Gasteiger partial charge in [-0.2, -0.15) is 0 Å². The second-order valence-corrected chi connectivity index (χ2v) is 25.2. The van der Waals surface area contributed by atoms with Crippen LogP contribution in [0.15, 0.2) is 82.4 Å². The number of Topliss-reactive ketones (excluding diaryl/α,β-unsaturated/α-hetero) is 1. The molecule has 0 bridgehead atoms. The van der Waals surface area contributed by atoms with E-state index in [1.165, 1.54) is 13.0 Å². The Kier molecular flexibility index (Phi) is 36.7. The van der Waals surface area contributed by atoms with E-state index in [0.29, 0.717) is 55.3 Å². The number of aromatic nitrogens is 2. The van der Waals surface area contributed by atoms with E-state index in [4.69, 9.17) is 15.9 Å². The summed E-state index contributed by atoms with van der Waals surface area (Å²) in [6.07, 6.45) is -15.4. The molecule has 0 radical (unpaired) electrons. The van der Waals surface area contributed by atoms with Gasteiger partial charge < -0.3 is 93.8 Å². The standard InChI is InChI=1S/C69H99F2N9O21/c1-4-39(2)31-51(83)48(23-27-57(89)74-33-52(84)62(94)64(96)54(86)37-81)77-67(99)50(25-29-60(92)93)78-66(98)49(24-28-58(90)75-34-53(85)63(95)65(97)55(87)38-82)76-59(91)21-11-6-5-7-12-30-73-56(88)26-22-41-15-13-18-43(32-41)61-40(3)79(35-44-45(70)19-14-20-46(44)71)69(101)80(68(61)100)36-47(72)42-16-9-8-10-17-42/h8-10,13-20,32,39,47-50,52-55,62-65,81-82,84-87,94-97H,4-7,11-12,21-31,33-38,72H2,1-3H3,(H,73,88)(H,74,89)(H,75,90)(H,76,91)(H,77,99)(H,78,98)(H,92,93)/t39-,47+,48+,49+,50+,52-,53-,54+,55+,62+,63+,64+,65+/m0/s1. The van der Waals surface area contributed by atoms with Gasteiger partial charge in [-0.15, -0.1) is 0 Å². The predicted molar refractivity (Wildman–Crippen MR) is 361 cm³/mol. The first-order valence-corrected chi connectivity index (χ1v) is 33.7. The Labute approximate surface area is 582 Å². The minimum atomic E-state index is -2.03. The Morgan fingerprint density at radius 1 is 0.564 bits per heavy atom. The number of amides is 6. The molecule has 0 saturated carbocycles. The van der Waals surface area contributed by atoms with Crippen LogP contribution in [0.4, 0.5) is 8.78 Å². The van der Waals surface area contributed by atoms with E-state index < -0.39 is 202 Å². The average Bonchev–Trinajstić information content (AvgIpc) is 0.761. The van der Waals surface area contributed by atoms with Crippen LogP contribution in [0.5, 0.6) is 0 Å². The number of unbranched alkanes of at least 4 members (excludes halogenated alkanes) is 4. The Morgan fingerprint density at radius 3 is 1.63 bits per heavy atom. The molecule has 101 heavy (non-hydrogen) atoms. The molecule has 0 aliphatic heterocycles.